The van der Waals surface area contributed by atoms with E-state index in [1.165, 1.54) is 4.90 Å². The van der Waals surface area contributed by atoms with E-state index < -0.39 is 5.97 Å². The second kappa shape index (κ2) is 6.25. The fourth-order valence-electron chi connectivity index (χ4n) is 2.38. The smallest absolute Gasteiger partial charge is 0.308 e. The maximum Gasteiger partial charge on any atom is 0.308 e. The van der Waals surface area contributed by atoms with Crippen LogP contribution in [0.25, 0.3) is 0 Å². The zero-order valence-electron chi connectivity index (χ0n) is 10.6. The van der Waals surface area contributed by atoms with Crippen molar-refractivity contribution in [2.24, 2.45) is 11.8 Å². The molecule has 1 saturated heterocycles. The van der Waals surface area contributed by atoms with Crippen molar-refractivity contribution in [3.8, 4) is 0 Å². The summed E-state index contributed by atoms with van der Waals surface area (Å²) in [5.41, 5.74) is 0. The Hall–Kier alpha value is -1.00. The van der Waals surface area contributed by atoms with Crippen LogP contribution in [0.3, 0.4) is 0 Å². The molecule has 4 heteroatoms. The third kappa shape index (κ3) is 3.50. The molecule has 1 fully saturated rings. The molecule has 0 aromatic heterocycles. The van der Waals surface area contributed by atoms with Crippen molar-refractivity contribution in [3.05, 3.63) is 30.3 Å². The summed E-state index contributed by atoms with van der Waals surface area (Å²) in [6.45, 7) is 4.61. The molecule has 1 aliphatic heterocycles. The second-order valence-corrected chi connectivity index (χ2v) is 6.01. The van der Waals surface area contributed by atoms with Crippen LogP contribution in [0.4, 0.5) is 0 Å². The molecule has 1 aromatic carbocycles. The van der Waals surface area contributed by atoms with E-state index in [-0.39, 0.29) is 11.8 Å². The van der Waals surface area contributed by atoms with E-state index in [0.29, 0.717) is 6.54 Å². The van der Waals surface area contributed by atoms with Crippen molar-refractivity contribution in [1.29, 1.82) is 0 Å². The highest BCUT2D eigenvalue weighted by Gasteiger charge is 2.34. The van der Waals surface area contributed by atoms with Gasteiger partial charge < -0.3 is 10.0 Å². The Bertz CT molecular complexity index is 396. The van der Waals surface area contributed by atoms with Gasteiger partial charge >= 0.3 is 5.97 Å². The minimum atomic E-state index is -0.652. The van der Waals surface area contributed by atoms with Gasteiger partial charge in [-0.05, 0) is 18.1 Å². The highest BCUT2D eigenvalue weighted by atomic mass is 32.2. The first-order valence-electron chi connectivity index (χ1n) is 6.30. The van der Waals surface area contributed by atoms with Gasteiger partial charge in [0.2, 0.25) is 0 Å². The summed E-state index contributed by atoms with van der Waals surface area (Å²) in [4.78, 5) is 14.6. The van der Waals surface area contributed by atoms with Gasteiger partial charge in [-0.1, -0.05) is 25.1 Å². The fourth-order valence-corrected chi connectivity index (χ4v) is 3.32. The number of aliphatic carboxylic acids is 1. The van der Waals surface area contributed by atoms with Crippen molar-refractivity contribution in [1.82, 2.24) is 4.90 Å². The molecule has 1 N–H and O–H groups in total. The number of thioether (sulfide) groups is 1. The lowest BCUT2D eigenvalue weighted by atomic mass is 9.99. The molecule has 1 heterocycles. The number of carboxylic acids is 1. The van der Waals surface area contributed by atoms with Gasteiger partial charge in [0.1, 0.15) is 0 Å². The molecule has 18 heavy (non-hydrogen) atoms. The molecule has 2 rings (SSSR count). The molecule has 0 aliphatic carbocycles. The minimum Gasteiger partial charge on any atom is -0.481 e. The summed E-state index contributed by atoms with van der Waals surface area (Å²) in [6, 6.07) is 10.3. The standard InChI is InChI=1S/C14H19NO2S/c1-11-9-15(10-13(11)14(16)17)7-8-18-12-5-3-2-4-6-12/h2-6,11,13H,7-10H2,1H3,(H,16,17). The minimum absolute atomic E-state index is 0.188. The Kier molecular flexibility index (Phi) is 4.66. The van der Waals surface area contributed by atoms with Crippen LogP contribution in [0.15, 0.2) is 35.2 Å². The number of hydrogen-bond acceptors (Lipinski definition) is 3. The monoisotopic (exact) mass is 265 g/mol. The van der Waals surface area contributed by atoms with Crippen molar-refractivity contribution >= 4 is 17.7 Å². The van der Waals surface area contributed by atoms with Crippen molar-refractivity contribution in [3.63, 3.8) is 0 Å². The number of nitrogens with zero attached hydrogens (tertiary/aromatic N) is 1. The normalized spacial score (nSPS) is 24.3. The zero-order valence-corrected chi connectivity index (χ0v) is 11.4. The maximum absolute atomic E-state index is 11.0. The lowest BCUT2D eigenvalue weighted by Gasteiger charge is -2.14. The molecule has 1 aromatic rings. The van der Waals surface area contributed by atoms with Crippen LogP contribution in [0.2, 0.25) is 0 Å². The quantitative estimate of drug-likeness (QED) is 0.830. The molecule has 0 spiro atoms. The summed E-state index contributed by atoms with van der Waals surface area (Å²) in [5, 5.41) is 9.07. The van der Waals surface area contributed by atoms with Gasteiger partial charge in [-0.2, -0.15) is 0 Å². The molecular weight excluding hydrogens is 246 g/mol. The summed E-state index contributed by atoms with van der Waals surface area (Å²) in [5.74, 6) is 0.444. The van der Waals surface area contributed by atoms with Gasteiger partial charge in [0.25, 0.3) is 0 Å². The lowest BCUT2D eigenvalue weighted by Crippen LogP contribution is -2.25. The van der Waals surface area contributed by atoms with E-state index >= 15 is 0 Å². The highest BCUT2D eigenvalue weighted by Crippen LogP contribution is 2.24. The van der Waals surface area contributed by atoms with Crippen molar-refractivity contribution in [2.45, 2.75) is 11.8 Å². The van der Waals surface area contributed by atoms with Gasteiger partial charge in [0.05, 0.1) is 5.92 Å². The van der Waals surface area contributed by atoms with Gasteiger partial charge in [0.15, 0.2) is 0 Å². The number of hydrogen-bond donors (Lipinski definition) is 1. The fraction of sp³-hybridized carbons (Fsp3) is 0.500. The summed E-state index contributed by atoms with van der Waals surface area (Å²) in [6.07, 6.45) is 0. The third-order valence-electron chi connectivity index (χ3n) is 3.42. The van der Waals surface area contributed by atoms with Gasteiger partial charge in [-0.15, -0.1) is 11.8 Å². The van der Waals surface area contributed by atoms with Crippen molar-refractivity contribution < 1.29 is 9.90 Å². The van der Waals surface area contributed by atoms with Gasteiger partial charge in [-0.25, -0.2) is 0 Å². The molecule has 98 valence electrons. The SMILES string of the molecule is CC1CN(CCSc2ccccc2)CC1C(=O)O. The molecule has 0 saturated carbocycles. The second-order valence-electron chi connectivity index (χ2n) is 4.84. The Morgan fingerprint density at radius 1 is 1.39 bits per heavy atom. The predicted molar refractivity (Wildman–Crippen MR) is 73.9 cm³/mol. The first kappa shape index (κ1) is 13.4. The Morgan fingerprint density at radius 3 is 2.72 bits per heavy atom. The molecule has 2 unspecified atom stereocenters. The van der Waals surface area contributed by atoms with Crippen LogP contribution in [0.1, 0.15) is 6.92 Å². The van der Waals surface area contributed by atoms with Crippen LogP contribution < -0.4 is 0 Å². The third-order valence-corrected chi connectivity index (χ3v) is 4.42. The molecule has 0 radical (unpaired) electrons. The lowest BCUT2D eigenvalue weighted by molar-refractivity contribution is -0.142. The van der Waals surface area contributed by atoms with E-state index in [1.807, 2.05) is 36.9 Å². The summed E-state index contributed by atoms with van der Waals surface area (Å²) < 4.78 is 0. The van der Waals surface area contributed by atoms with Crippen LogP contribution in [-0.4, -0.2) is 41.4 Å². The largest absolute Gasteiger partial charge is 0.481 e. The first-order valence-corrected chi connectivity index (χ1v) is 7.28. The number of benzene rings is 1. The van der Waals surface area contributed by atoms with Crippen LogP contribution in [-0.2, 0) is 4.79 Å². The van der Waals surface area contributed by atoms with E-state index in [1.54, 1.807) is 0 Å². The summed E-state index contributed by atoms with van der Waals surface area (Å²) >= 11 is 1.83. The van der Waals surface area contributed by atoms with Crippen LogP contribution >= 0.6 is 11.8 Å². The average molecular weight is 265 g/mol. The number of likely N-dealkylation sites (tertiary alicyclic amines) is 1. The maximum atomic E-state index is 11.0. The van der Waals surface area contributed by atoms with E-state index in [0.717, 1.165) is 18.8 Å². The Balaban J connectivity index is 1.74. The number of carboxylic acid groups (broad SMARTS) is 1. The Labute approximate surface area is 112 Å². The van der Waals surface area contributed by atoms with Crippen molar-refractivity contribution in [2.75, 3.05) is 25.4 Å². The molecule has 1 aliphatic rings. The topological polar surface area (TPSA) is 40.5 Å². The van der Waals surface area contributed by atoms with E-state index in [4.69, 9.17) is 5.11 Å². The molecule has 2 atom stereocenters. The van der Waals surface area contributed by atoms with Gasteiger partial charge in [0, 0.05) is 30.3 Å². The molecule has 3 nitrogen and oxygen atoms in total. The zero-order chi connectivity index (χ0) is 13.0. The molecule has 0 bridgehead atoms. The van der Waals surface area contributed by atoms with E-state index in [9.17, 15) is 4.79 Å². The highest BCUT2D eigenvalue weighted by molar-refractivity contribution is 7.99. The predicted octanol–water partition coefficient (Wildman–Crippen LogP) is 2.43. The molecule has 0 amide bonds. The summed E-state index contributed by atoms with van der Waals surface area (Å²) in [7, 11) is 0. The van der Waals surface area contributed by atoms with Gasteiger partial charge in [-0.3, -0.25) is 4.79 Å². The first-order chi connectivity index (χ1) is 8.66. The number of rotatable bonds is 5. The Morgan fingerprint density at radius 2 is 2.11 bits per heavy atom. The van der Waals surface area contributed by atoms with E-state index in [2.05, 4.69) is 17.0 Å². The molecular formula is C14H19NO2S. The average Bonchev–Trinajstić information content (AvgIpc) is 2.72. The van der Waals surface area contributed by atoms with Crippen LogP contribution in [0.5, 0.6) is 0 Å². The van der Waals surface area contributed by atoms with Crippen LogP contribution in [0, 0.1) is 11.8 Å². The number of carbonyl (C=O) groups is 1.